The van der Waals surface area contributed by atoms with Gasteiger partial charge in [0.2, 0.25) is 0 Å². The van der Waals surface area contributed by atoms with Gasteiger partial charge in [0, 0.05) is 33.7 Å². The van der Waals surface area contributed by atoms with Gasteiger partial charge in [-0.15, -0.1) is 0 Å². The maximum absolute atomic E-state index is 7.15. The summed E-state index contributed by atoms with van der Waals surface area (Å²) in [5, 5.41) is 2.37. The number of rotatable bonds is 3. The standard InChI is InChI=1S/C67H71BN2O/c1-40-33-47-50(65(8,9)30-27-62(47,2)3)37-54(40)69-56-39-52-49(64(6,7)29-32-67(52,12)13)36-53(56)68-60-46(35-58-59(61(60)69)44-21-17-18-22-57(44)71-58)45-34-48-51(66(10,11)31-28-63(48,4)5)38-55(45)70(68)43-25-23-42(24-26-43)41-19-15-14-16-20-41/h14-26,33-39H,27-32H2,1-13H3. The number of benzene rings is 7. The Hall–Kier alpha value is -6.00. The molecule has 3 aliphatic carbocycles. The zero-order valence-corrected chi connectivity index (χ0v) is 44.7. The smallest absolute Gasteiger partial charge is 0.333 e. The summed E-state index contributed by atoms with van der Waals surface area (Å²) < 4.78 is 7.15. The minimum atomic E-state index is -0.128. The average Bonchev–Trinajstić information content (AvgIpc) is 3.72. The van der Waals surface area contributed by atoms with Crippen molar-refractivity contribution in [1.29, 1.82) is 0 Å². The lowest BCUT2D eigenvalue weighted by Gasteiger charge is -2.50. The molecule has 0 fully saturated rings. The summed E-state index contributed by atoms with van der Waals surface area (Å²) in [4.78, 5) is 5.53. The molecule has 4 heteroatoms. The molecular formula is C67H71BN2O. The third kappa shape index (κ3) is 6.41. The van der Waals surface area contributed by atoms with Crippen LogP contribution in [0.4, 0.5) is 28.4 Å². The van der Waals surface area contributed by atoms with Crippen molar-refractivity contribution in [2.24, 2.45) is 0 Å². The second kappa shape index (κ2) is 14.6. The van der Waals surface area contributed by atoms with Crippen LogP contribution in [0.3, 0.4) is 0 Å². The predicted molar refractivity (Wildman–Crippen MR) is 303 cm³/mol. The third-order valence-electron chi connectivity index (χ3n) is 19.2. The number of furan rings is 1. The van der Waals surface area contributed by atoms with Crippen molar-refractivity contribution >= 4 is 68.1 Å². The number of hydrogen-bond acceptors (Lipinski definition) is 3. The molecule has 0 unspecified atom stereocenters. The Kier molecular flexibility index (Phi) is 9.22. The molecule has 1 aromatic heterocycles. The van der Waals surface area contributed by atoms with Crippen LogP contribution in [0, 0.1) is 6.92 Å². The molecule has 0 saturated carbocycles. The lowest BCUT2D eigenvalue weighted by Crippen LogP contribution is -2.62. The third-order valence-corrected chi connectivity index (χ3v) is 19.2. The average molecular weight is 931 g/mol. The molecule has 8 aromatic rings. The summed E-state index contributed by atoms with van der Waals surface area (Å²) in [5.41, 5.74) is 26.4. The van der Waals surface area contributed by atoms with Crippen molar-refractivity contribution in [3.63, 3.8) is 0 Å². The molecular weight excluding hydrogens is 860 g/mol. The number of aryl methyl sites for hydroxylation is 1. The highest BCUT2D eigenvalue weighted by Crippen LogP contribution is 2.58. The van der Waals surface area contributed by atoms with Crippen molar-refractivity contribution in [3.05, 3.63) is 160 Å². The van der Waals surface area contributed by atoms with Crippen LogP contribution in [-0.4, -0.2) is 6.85 Å². The second-order valence-electron chi connectivity index (χ2n) is 26.5. The largest absolute Gasteiger partial charge is 0.456 e. The fourth-order valence-electron chi connectivity index (χ4n) is 14.3. The van der Waals surface area contributed by atoms with Gasteiger partial charge in [-0.3, -0.25) is 0 Å². The molecule has 0 bridgehead atoms. The van der Waals surface area contributed by atoms with Gasteiger partial charge in [-0.1, -0.05) is 156 Å². The summed E-state index contributed by atoms with van der Waals surface area (Å²) in [5.74, 6) is 0. The van der Waals surface area contributed by atoms with E-state index in [1.54, 1.807) is 0 Å². The van der Waals surface area contributed by atoms with E-state index in [0.717, 1.165) is 43.3 Å². The number of nitrogens with zero attached hydrogens (tertiary/aromatic N) is 2. The number of para-hydroxylation sites is 1. The van der Waals surface area contributed by atoms with Crippen molar-refractivity contribution in [2.75, 3.05) is 9.71 Å². The predicted octanol–water partition coefficient (Wildman–Crippen LogP) is 17.3. The van der Waals surface area contributed by atoms with Gasteiger partial charge < -0.3 is 14.1 Å². The van der Waals surface area contributed by atoms with E-state index < -0.39 is 0 Å². The molecule has 71 heavy (non-hydrogen) atoms. The fourth-order valence-corrected chi connectivity index (χ4v) is 14.3. The van der Waals surface area contributed by atoms with Crippen LogP contribution in [-0.2, 0) is 32.5 Å². The van der Waals surface area contributed by atoms with E-state index in [1.807, 2.05) is 0 Å². The maximum atomic E-state index is 7.15. The Morgan fingerprint density at radius 1 is 0.437 bits per heavy atom. The number of anilines is 5. The zero-order valence-electron chi connectivity index (χ0n) is 44.7. The lowest BCUT2D eigenvalue weighted by atomic mass is 9.42. The SMILES string of the molecule is Cc1cc2c(cc1N1c3cc4c(cc3B3c5c(cc6oc7ccccc7c6c51)-c1cc5c(cc1N3c1ccc(-c3ccccc3)cc1)C(C)(C)CCC5(C)C)C(C)(C)CCC4(C)C)C(C)(C)CCC2(C)C. The van der Waals surface area contributed by atoms with E-state index in [0.29, 0.717) is 0 Å². The number of fused-ring (bicyclic) bond motifs is 11. The van der Waals surface area contributed by atoms with Crippen LogP contribution in [0.5, 0.6) is 0 Å². The highest BCUT2D eigenvalue weighted by atomic mass is 16.3. The molecule has 2 aliphatic heterocycles. The molecule has 0 spiro atoms. The lowest BCUT2D eigenvalue weighted by molar-refractivity contribution is 0.331. The van der Waals surface area contributed by atoms with Gasteiger partial charge in [-0.2, -0.15) is 0 Å². The van der Waals surface area contributed by atoms with E-state index in [1.165, 1.54) is 118 Å². The molecule has 7 aromatic carbocycles. The van der Waals surface area contributed by atoms with Crippen molar-refractivity contribution in [2.45, 2.75) is 161 Å². The fraction of sp³-hybridized carbons (Fsp3) is 0.373. The maximum Gasteiger partial charge on any atom is 0.333 e. The first-order valence-corrected chi connectivity index (χ1v) is 26.8. The molecule has 0 radical (unpaired) electrons. The van der Waals surface area contributed by atoms with Gasteiger partial charge in [0.05, 0.1) is 11.1 Å². The minimum Gasteiger partial charge on any atom is -0.456 e. The van der Waals surface area contributed by atoms with E-state index in [-0.39, 0.29) is 39.3 Å². The minimum absolute atomic E-state index is 0.00577. The Morgan fingerprint density at radius 3 is 1.51 bits per heavy atom. The van der Waals surface area contributed by atoms with Crippen LogP contribution in [0.2, 0.25) is 0 Å². The second-order valence-corrected chi connectivity index (χ2v) is 26.5. The molecule has 0 saturated heterocycles. The van der Waals surface area contributed by atoms with E-state index >= 15 is 0 Å². The molecule has 0 atom stereocenters. The first kappa shape index (κ1) is 44.9. The van der Waals surface area contributed by atoms with Crippen molar-refractivity contribution in [1.82, 2.24) is 0 Å². The topological polar surface area (TPSA) is 19.6 Å². The molecule has 3 heterocycles. The quantitative estimate of drug-likeness (QED) is 0.165. The van der Waals surface area contributed by atoms with Gasteiger partial charge in [-0.05, 0) is 193 Å². The van der Waals surface area contributed by atoms with Gasteiger partial charge >= 0.3 is 6.85 Å². The van der Waals surface area contributed by atoms with Crippen LogP contribution in [0.25, 0.3) is 44.2 Å². The summed E-state index contributed by atoms with van der Waals surface area (Å²) in [7, 11) is 0. The van der Waals surface area contributed by atoms with Crippen molar-refractivity contribution in [3.8, 4) is 22.3 Å². The van der Waals surface area contributed by atoms with Gasteiger partial charge in [-0.25, -0.2) is 0 Å². The molecule has 13 rings (SSSR count). The summed E-state index contributed by atoms with van der Waals surface area (Å²) >= 11 is 0. The van der Waals surface area contributed by atoms with Crippen LogP contribution in [0.15, 0.2) is 126 Å². The zero-order chi connectivity index (χ0) is 49.5. The Balaban J connectivity index is 1.22. The van der Waals surface area contributed by atoms with E-state index in [4.69, 9.17) is 4.42 Å². The molecule has 3 nitrogen and oxygen atoms in total. The normalized spacial score (nSPS) is 20.2. The van der Waals surface area contributed by atoms with Crippen molar-refractivity contribution < 1.29 is 4.42 Å². The molecule has 358 valence electrons. The molecule has 0 amide bonds. The van der Waals surface area contributed by atoms with Gasteiger partial charge in [0.1, 0.15) is 11.2 Å². The summed E-state index contributed by atoms with van der Waals surface area (Å²) in [6.45, 7) is 32.0. The van der Waals surface area contributed by atoms with Crippen LogP contribution < -0.4 is 20.6 Å². The first-order chi connectivity index (χ1) is 33.6. The molecule has 0 N–H and O–H groups in total. The highest BCUT2D eigenvalue weighted by molar-refractivity contribution is 6.94. The van der Waals surface area contributed by atoms with Crippen LogP contribution in [0.1, 0.15) is 161 Å². The van der Waals surface area contributed by atoms with Crippen LogP contribution >= 0.6 is 0 Å². The highest BCUT2D eigenvalue weighted by Gasteiger charge is 2.51. The monoisotopic (exact) mass is 931 g/mol. The summed E-state index contributed by atoms with van der Waals surface area (Å²) in [6, 6.07) is 47.5. The Bertz CT molecular complexity index is 3560. The Labute approximate surface area is 423 Å². The first-order valence-electron chi connectivity index (χ1n) is 26.8. The summed E-state index contributed by atoms with van der Waals surface area (Å²) in [6.07, 6.45) is 6.97. The van der Waals surface area contributed by atoms with Gasteiger partial charge in [0.25, 0.3) is 0 Å². The van der Waals surface area contributed by atoms with E-state index in [9.17, 15) is 0 Å². The van der Waals surface area contributed by atoms with E-state index in [2.05, 4.69) is 221 Å². The molecule has 5 aliphatic rings. The Morgan fingerprint density at radius 2 is 0.915 bits per heavy atom. The number of hydrogen-bond donors (Lipinski definition) is 0. The van der Waals surface area contributed by atoms with Gasteiger partial charge in [0.15, 0.2) is 0 Å².